The van der Waals surface area contributed by atoms with E-state index in [1.165, 1.54) is 4.31 Å². The molecule has 0 amide bonds. The molecule has 0 radical (unpaired) electrons. The third-order valence-corrected chi connectivity index (χ3v) is 4.70. The number of anilines is 1. The molecule has 1 fully saturated rings. The van der Waals surface area contributed by atoms with Gasteiger partial charge in [0.2, 0.25) is 0 Å². The highest BCUT2D eigenvalue weighted by molar-refractivity contribution is 7.91. The Balaban J connectivity index is 2.50. The molecule has 0 bridgehead atoms. The molecule has 2 rings (SSSR count). The predicted octanol–water partition coefficient (Wildman–Crippen LogP) is 0.594. The molecule has 1 unspecified atom stereocenters. The molecule has 1 aromatic rings. The number of nitrogens with one attached hydrogen (secondary N) is 1. The van der Waals surface area contributed by atoms with Crippen molar-refractivity contribution in [3.05, 3.63) is 28.8 Å². The van der Waals surface area contributed by atoms with Crippen LogP contribution >= 0.6 is 0 Å². The normalized spacial score (nSPS) is 22.4. The van der Waals surface area contributed by atoms with Crippen LogP contribution in [0.25, 0.3) is 0 Å². The zero-order valence-corrected chi connectivity index (χ0v) is 11.7. The Morgan fingerprint density at radius 1 is 1.33 bits per heavy atom. The maximum atomic E-state index is 12.1. The predicted molar refractivity (Wildman–Crippen MR) is 72.9 cm³/mol. The van der Waals surface area contributed by atoms with E-state index in [2.05, 4.69) is 4.72 Å². The van der Waals surface area contributed by atoms with Crippen molar-refractivity contribution in [2.75, 3.05) is 17.4 Å². The first-order valence-corrected chi connectivity index (χ1v) is 7.37. The van der Waals surface area contributed by atoms with Gasteiger partial charge in [0.1, 0.15) is 0 Å². The number of nitrogens with zero attached hydrogens (tertiary/aromatic N) is 1. The standard InChI is InChI=1S/C12H19N3O2S/c1-8-4-9(2)12(10(3)5-8)15-7-11(6-13)14-18(15,16)17/h4-5,11,14H,6-7,13H2,1-3H3. The molecule has 1 aromatic carbocycles. The molecular formula is C12H19N3O2S. The van der Waals surface area contributed by atoms with Crippen LogP contribution in [0.2, 0.25) is 0 Å². The number of benzene rings is 1. The van der Waals surface area contributed by atoms with E-state index >= 15 is 0 Å². The number of nitrogens with two attached hydrogens (primary N) is 1. The average molecular weight is 269 g/mol. The second-order valence-electron chi connectivity index (χ2n) is 4.83. The van der Waals surface area contributed by atoms with Crippen LogP contribution in [-0.2, 0) is 10.2 Å². The summed E-state index contributed by atoms with van der Waals surface area (Å²) in [6, 6.07) is 3.77. The van der Waals surface area contributed by atoms with Crippen molar-refractivity contribution < 1.29 is 8.42 Å². The topological polar surface area (TPSA) is 75.4 Å². The minimum atomic E-state index is -3.46. The van der Waals surface area contributed by atoms with Crippen molar-refractivity contribution >= 4 is 15.9 Å². The Morgan fingerprint density at radius 2 is 1.89 bits per heavy atom. The fourth-order valence-corrected chi connectivity index (χ4v) is 4.13. The van der Waals surface area contributed by atoms with E-state index in [9.17, 15) is 8.42 Å². The van der Waals surface area contributed by atoms with Gasteiger partial charge in [0, 0.05) is 6.54 Å². The smallest absolute Gasteiger partial charge is 0.301 e. The summed E-state index contributed by atoms with van der Waals surface area (Å²) in [5.74, 6) is 0. The fourth-order valence-electron chi connectivity index (χ4n) is 2.51. The quantitative estimate of drug-likeness (QED) is 0.825. The second-order valence-corrected chi connectivity index (χ2v) is 6.46. The van der Waals surface area contributed by atoms with E-state index in [0.717, 1.165) is 22.4 Å². The maximum absolute atomic E-state index is 12.1. The van der Waals surface area contributed by atoms with E-state index in [1.807, 2.05) is 32.9 Å². The lowest BCUT2D eigenvalue weighted by Crippen LogP contribution is -2.34. The Hall–Kier alpha value is -1.11. The Bertz CT molecular complexity index is 546. The SMILES string of the molecule is Cc1cc(C)c(N2CC(CN)NS2(=O)=O)c(C)c1. The summed E-state index contributed by atoms with van der Waals surface area (Å²) < 4.78 is 28.2. The molecule has 0 aliphatic carbocycles. The van der Waals surface area contributed by atoms with E-state index < -0.39 is 10.2 Å². The molecule has 1 saturated heterocycles. The molecule has 1 heterocycles. The number of rotatable bonds is 2. The molecule has 1 aliphatic heterocycles. The lowest BCUT2D eigenvalue weighted by Gasteiger charge is -2.21. The minimum Gasteiger partial charge on any atom is -0.329 e. The molecule has 0 saturated carbocycles. The largest absolute Gasteiger partial charge is 0.329 e. The highest BCUT2D eigenvalue weighted by Gasteiger charge is 2.36. The van der Waals surface area contributed by atoms with Crippen LogP contribution in [0.3, 0.4) is 0 Å². The van der Waals surface area contributed by atoms with Gasteiger partial charge in [-0.3, -0.25) is 4.31 Å². The summed E-state index contributed by atoms with van der Waals surface area (Å²) in [7, 11) is -3.46. The zero-order chi connectivity index (χ0) is 13.5. The molecule has 0 spiro atoms. The summed E-state index contributed by atoms with van der Waals surface area (Å²) in [5.41, 5.74) is 9.38. The highest BCUT2D eigenvalue weighted by atomic mass is 32.2. The number of aryl methyl sites for hydroxylation is 3. The van der Waals surface area contributed by atoms with E-state index in [4.69, 9.17) is 5.73 Å². The molecule has 0 aromatic heterocycles. The van der Waals surface area contributed by atoms with Gasteiger partial charge in [-0.25, -0.2) is 0 Å². The van der Waals surface area contributed by atoms with Crippen LogP contribution in [0.5, 0.6) is 0 Å². The Morgan fingerprint density at radius 3 is 2.33 bits per heavy atom. The first-order valence-electron chi connectivity index (χ1n) is 5.93. The molecule has 6 heteroatoms. The lowest BCUT2D eigenvalue weighted by atomic mass is 10.0. The Kier molecular flexibility index (Phi) is 3.35. The van der Waals surface area contributed by atoms with Gasteiger partial charge in [0.15, 0.2) is 0 Å². The molecular weight excluding hydrogens is 250 g/mol. The second kappa shape index (κ2) is 4.53. The summed E-state index contributed by atoms with van der Waals surface area (Å²) in [6.07, 6.45) is 0. The van der Waals surface area contributed by atoms with Crippen molar-refractivity contribution in [2.24, 2.45) is 5.73 Å². The van der Waals surface area contributed by atoms with E-state index in [1.54, 1.807) is 0 Å². The van der Waals surface area contributed by atoms with Crippen LogP contribution in [0.15, 0.2) is 12.1 Å². The van der Waals surface area contributed by atoms with Crippen molar-refractivity contribution in [2.45, 2.75) is 26.8 Å². The van der Waals surface area contributed by atoms with Crippen LogP contribution in [0, 0.1) is 20.8 Å². The summed E-state index contributed by atoms with van der Waals surface area (Å²) in [4.78, 5) is 0. The molecule has 100 valence electrons. The number of hydrogen-bond donors (Lipinski definition) is 2. The molecule has 5 nitrogen and oxygen atoms in total. The maximum Gasteiger partial charge on any atom is 0.301 e. The lowest BCUT2D eigenvalue weighted by molar-refractivity contribution is 0.583. The highest BCUT2D eigenvalue weighted by Crippen LogP contribution is 2.30. The van der Waals surface area contributed by atoms with Crippen molar-refractivity contribution in [3.8, 4) is 0 Å². The van der Waals surface area contributed by atoms with Gasteiger partial charge in [-0.15, -0.1) is 0 Å². The van der Waals surface area contributed by atoms with Gasteiger partial charge >= 0.3 is 10.2 Å². The van der Waals surface area contributed by atoms with Crippen LogP contribution < -0.4 is 14.8 Å². The van der Waals surface area contributed by atoms with E-state index in [0.29, 0.717) is 13.1 Å². The fraction of sp³-hybridized carbons (Fsp3) is 0.500. The van der Waals surface area contributed by atoms with Crippen molar-refractivity contribution in [1.29, 1.82) is 0 Å². The summed E-state index contributed by atoms with van der Waals surface area (Å²) in [5, 5.41) is 0. The van der Waals surface area contributed by atoms with Gasteiger partial charge in [0.05, 0.1) is 18.3 Å². The van der Waals surface area contributed by atoms with Gasteiger partial charge in [0.25, 0.3) is 0 Å². The van der Waals surface area contributed by atoms with Gasteiger partial charge in [-0.05, 0) is 31.9 Å². The average Bonchev–Trinajstić information content (AvgIpc) is 2.53. The third kappa shape index (κ3) is 2.23. The Labute approximate surface area is 108 Å². The van der Waals surface area contributed by atoms with Crippen molar-refractivity contribution in [3.63, 3.8) is 0 Å². The monoisotopic (exact) mass is 269 g/mol. The molecule has 18 heavy (non-hydrogen) atoms. The third-order valence-electron chi connectivity index (χ3n) is 3.16. The van der Waals surface area contributed by atoms with Crippen LogP contribution in [-0.4, -0.2) is 27.5 Å². The minimum absolute atomic E-state index is 0.213. The zero-order valence-electron chi connectivity index (χ0n) is 10.9. The van der Waals surface area contributed by atoms with Crippen LogP contribution in [0.1, 0.15) is 16.7 Å². The van der Waals surface area contributed by atoms with Gasteiger partial charge < -0.3 is 5.73 Å². The van der Waals surface area contributed by atoms with Gasteiger partial charge in [-0.2, -0.15) is 13.1 Å². The first kappa shape index (κ1) is 13.3. The number of hydrogen-bond acceptors (Lipinski definition) is 3. The van der Waals surface area contributed by atoms with Gasteiger partial charge in [-0.1, -0.05) is 17.7 Å². The molecule has 1 atom stereocenters. The molecule has 3 N–H and O–H groups in total. The summed E-state index contributed by atoms with van der Waals surface area (Å²) in [6.45, 7) is 6.56. The van der Waals surface area contributed by atoms with Crippen molar-refractivity contribution in [1.82, 2.24) is 4.72 Å². The first-order chi connectivity index (χ1) is 8.35. The van der Waals surface area contributed by atoms with Crippen LogP contribution in [0.4, 0.5) is 5.69 Å². The van der Waals surface area contributed by atoms with E-state index in [-0.39, 0.29) is 6.04 Å². The molecule has 1 aliphatic rings. The summed E-state index contributed by atoms with van der Waals surface area (Å²) >= 11 is 0.